The third-order valence-electron chi connectivity index (χ3n) is 3.08. The average Bonchev–Trinajstić information content (AvgIpc) is 3.03. The number of anilines is 1. The van der Waals surface area contributed by atoms with Crippen LogP contribution in [0.1, 0.15) is 5.56 Å². The third kappa shape index (κ3) is 3.08. The Morgan fingerprint density at radius 3 is 2.48 bits per heavy atom. The highest BCUT2D eigenvalue weighted by Crippen LogP contribution is 2.21. The maximum absolute atomic E-state index is 13.1. The van der Waals surface area contributed by atoms with Crippen molar-refractivity contribution in [3.63, 3.8) is 0 Å². The van der Waals surface area contributed by atoms with Gasteiger partial charge in [0, 0.05) is 17.8 Å². The van der Waals surface area contributed by atoms with Crippen LogP contribution in [0.3, 0.4) is 0 Å². The van der Waals surface area contributed by atoms with Gasteiger partial charge in [0.15, 0.2) is 23.8 Å². The minimum absolute atomic E-state index is 0.416. The first kappa shape index (κ1) is 13.3. The minimum atomic E-state index is -0.838. The van der Waals surface area contributed by atoms with E-state index < -0.39 is 11.6 Å². The van der Waals surface area contributed by atoms with Crippen LogP contribution >= 0.6 is 0 Å². The lowest BCUT2D eigenvalue weighted by atomic mass is 10.1. The van der Waals surface area contributed by atoms with Gasteiger partial charge in [0.1, 0.15) is 0 Å². The molecule has 0 bridgehead atoms. The number of hydrogen-bond donors (Lipinski definition) is 1. The van der Waals surface area contributed by atoms with Gasteiger partial charge in [0.05, 0.1) is 6.20 Å². The zero-order valence-electron chi connectivity index (χ0n) is 11.0. The van der Waals surface area contributed by atoms with Gasteiger partial charge in [0.2, 0.25) is 0 Å². The molecule has 0 atom stereocenters. The van der Waals surface area contributed by atoms with Crippen LogP contribution in [0.25, 0.3) is 11.3 Å². The van der Waals surface area contributed by atoms with E-state index in [-0.39, 0.29) is 0 Å². The van der Waals surface area contributed by atoms with Gasteiger partial charge in [-0.25, -0.2) is 13.8 Å². The molecule has 0 aliphatic rings. The van der Waals surface area contributed by atoms with Crippen LogP contribution in [0, 0.1) is 11.6 Å². The van der Waals surface area contributed by atoms with Gasteiger partial charge in [-0.3, -0.25) is 0 Å². The number of rotatable bonds is 4. The summed E-state index contributed by atoms with van der Waals surface area (Å²) in [6, 6.07) is 11.4. The first-order valence-electron chi connectivity index (χ1n) is 6.39. The maximum Gasteiger partial charge on any atom is 0.181 e. The van der Waals surface area contributed by atoms with Crippen molar-refractivity contribution in [2.75, 3.05) is 5.32 Å². The van der Waals surface area contributed by atoms with Gasteiger partial charge >= 0.3 is 0 Å². The van der Waals surface area contributed by atoms with Gasteiger partial charge in [-0.2, -0.15) is 0 Å². The molecule has 3 aromatic rings. The third-order valence-corrected chi connectivity index (χ3v) is 3.08. The van der Waals surface area contributed by atoms with Gasteiger partial charge in [-0.05, 0) is 42.0 Å². The minimum Gasteiger partial charge on any atom is -0.444 e. The Morgan fingerprint density at radius 2 is 1.81 bits per heavy atom. The summed E-state index contributed by atoms with van der Waals surface area (Å²) >= 11 is 0. The zero-order valence-corrected chi connectivity index (χ0v) is 11.0. The van der Waals surface area contributed by atoms with E-state index in [9.17, 15) is 8.78 Å². The van der Waals surface area contributed by atoms with Crippen LogP contribution in [0.15, 0.2) is 59.5 Å². The van der Waals surface area contributed by atoms with Crippen LogP contribution in [0.4, 0.5) is 14.5 Å². The predicted octanol–water partition coefficient (Wildman–Crippen LogP) is 4.23. The number of benzene rings is 2. The Hall–Kier alpha value is -2.69. The molecule has 1 aromatic heterocycles. The molecule has 0 amide bonds. The summed E-state index contributed by atoms with van der Waals surface area (Å²) in [5, 5.41) is 3.14. The Kier molecular flexibility index (Phi) is 3.64. The number of hydrogen-bond acceptors (Lipinski definition) is 3. The quantitative estimate of drug-likeness (QED) is 0.780. The first-order chi connectivity index (χ1) is 10.2. The van der Waals surface area contributed by atoms with Crippen molar-refractivity contribution in [3.8, 4) is 11.3 Å². The molecule has 3 nitrogen and oxygen atoms in total. The van der Waals surface area contributed by atoms with Gasteiger partial charge in [0.25, 0.3) is 0 Å². The van der Waals surface area contributed by atoms with Crippen molar-refractivity contribution < 1.29 is 13.2 Å². The van der Waals surface area contributed by atoms with Crippen LogP contribution in [-0.2, 0) is 6.54 Å². The summed E-state index contributed by atoms with van der Waals surface area (Å²) in [5.74, 6) is -0.979. The summed E-state index contributed by atoms with van der Waals surface area (Å²) in [4.78, 5) is 3.86. The molecule has 0 aliphatic heterocycles. The number of nitrogens with one attached hydrogen (secondary N) is 1. The fraction of sp³-hybridized carbons (Fsp3) is 0.0625. The standard InChI is InChI=1S/C16H12F2N2O/c17-14-6-1-11(7-15(14)18)8-20-13-4-2-12(3-5-13)16-9-19-10-21-16/h1-7,9-10,20H,8H2. The fourth-order valence-electron chi connectivity index (χ4n) is 1.96. The van der Waals surface area contributed by atoms with E-state index >= 15 is 0 Å². The Balaban J connectivity index is 1.66. The van der Waals surface area contributed by atoms with Crippen LogP contribution < -0.4 is 5.32 Å². The molecule has 0 fully saturated rings. The molecule has 1 N–H and O–H groups in total. The predicted molar refractivity (Wildman–Crippen MR) is 75.6 cm³/mol. The normalized spacial score (nSPS) is 10.6. The molecule has 1 heterocycles. The van der Waals surface area contributed by atoms with Crippen molar-refractivity contribution in [2.45, 2.75) is 6.54 Å². The number of aromatic nitrogens is 1. The summed E-state index contributed by atoms with van der Waals surface area (Å²) in [7, 11) is 0. The lowest BCUT2D eigenvalue weighted by molar-refractivity contribution is 0.507. The number of nitrogens with zero attached hydrogens (tertiary/aromatic N) is 1. The highest BCUT2D eigenvalue weighted by atomic mass is 19.2. The second-order valence-electron chi connectivity index (χ2n) is 4.55. The van der Waals surface area contributed by atoms with Crippen molar-refractivity contribution in [3.05, 3.63) is 72.3 Å². The van der Waals surface area contributed by atoms with E-state index in [1.807, 2.05) is 24.3 Å². The monoisotopic (exact) mass is 286 g/mol. The maximum atomic E-state index is 13.1. The average molecular weight is 286 g/mol. The molecular formula is C16H12F2N2O. The topological polar surface area (TPSA) is 38.1 Å². The molecule has 0 radical (unpaired) electrons. The van der Waals surface area contributed by atoms with E-state index in [0.717, 1.165) is 17.3 Å². The summed E-state index contributed by atoms with van der Waals surface area (Å²) in [6.07, 6.45) is 3.02. The van der Waals surface area contributed by atoms with Crippen LogP contribution in [0.2, 0.25) is 0 Å². The molecule has 5 heteroatoms. The first-order valence-corrected chi connectivity index (χ1v) is 6.39. The van der Waals surface area contributed by atoms with E-state index in [1.54, 1.807) is 12.3 Å². The molecule has 0 aliphatic carbocycles. The lowest BCUT2D eigenvalue weighted by Crippen LogP contribution is -2.00. The van der Waals surface area contributed by atoms with Crippen molar-refractivity contribution >= 4 is 5.69 Å². The molecule has 0 saturated carbocycles. The molecule has 21 heavy (non-hydrogen) atoms. The molecule has 3 rings (SSSR count). The summed E-state index contributed by atoms with van der Waals surface area (Å²) in [5.41, 5.74) is 2.47. The molecule has 0 saturated heterocycles. The van der Waals surface area contributed by atoms with Gasteiger partial charge in [-0.1, -0.05) is 6.07 Å². The number of oxazole rings is 1. The van der Waals surface area contributed by atoms with Crippen molar-refractivity contribution in [1.29, 1.82) is 0 Å². The van der Waals surface area contributed by atoms with Crippen LogP contribution in [-0.4, -0.2) is 4.98 Å². The second kappa shape index (κ2) is 5.75. The number of halogens is 2. The molecular weight excluding hydrogens is 274 g/mol. The molecule has 106 valence electrons. The molecule has 0 unspecified atom stereocenters. The fourth-order valence-corrected chi connectivity index (χ4v) is 1.96. The Labute approximate surface area is 120 Å². The van der Waals surface area contributed by atoms with E-state index in [4.69, 9.17) is 4.42 Å². The highest BCUT2D eigenvalue weighted by molar-refractivity contribution is 5.60. The molecule has 2 aromatic carbocycles. The van der Waals surface area contributed by atoms with Crippen molar-refractivity contribution in [2.24, 2.45) is 0 Å². The van der Waals surface area contributed by atoms with E-state index in [2.05, 4.69) is 10.3 Å². The highest BCUT2D eigenvalue weighted by Gasteiger charge is 2.03. The van der Waals surface area contributed by atoms with Gasteiger partial charge in [-0.15, -0.1) is 0 Å². The molecule has 0 spiro atoms. The zero-order chi connectivity index (χ0) is 14.7. The lowest BCUT2D eigenvalue weighted by Gasteiger charge is -2.07. The van der Waals surface area contributed by atoms with E-state index in [1.165, 1.54) is 12.5 Å². The van der Waals surface area contributed by atoms with Crippen LogP contribution in [0.5, 0.6) is 0 Å². The van der Waals surface area contributed by atoms with Gasteiger partial charge < -0.3 is 9.73 Å². The largest absolute Gasteiger partial charge is 0.444 e. The Morgan fingerprint density at radius 1 is 1.00 bits per heavy atom. The summed E-state index contributed by atoms with van der Waals surface area (Å²) < 4.78 is 31.1. The Bertz CT molecular complexity index is 725. The summed E-state index contributed by atoms with van der Waals surface area (Å²) in [6.45, 7) is 0.416. The SMILES string of the molecule is Fc1ccc(CNc2ccc(-c3cnco3)cc2)cc1F. The smallest absolute Gasteiger partial charge is 0.181 e. The van der Waals surface area contributed by atoms with Crippen molar-refractivity contribution in [1.82, 2.24) is 4.98 Å². The second-order valence-corrected chi connectivity index (χ2v) is 4.55. The van der Waals surface area contributed by atoms with E-state index in [0.29, 0.717) is 17.9 Å².